The second-order valence-electron chi connectivity index (χ2n) is 5.60. The van der Waals surface area contributed by atoms with Crippen molar-refractivity contribution in [3.63, 3.8) is 0 Å². The molecule has 0 unspecified atom stereocenters. The van der Waals surface area contributed by atoms with E-state index in [1.807, 2.05) is 0 Å². The van der Waals surface area contributed by atoms with E-state index in [0.717, 1.165) is 19.3 Å². The number of amides is 1. The number of hydrogen-bond acceptors (Lipinski definition) is 3. The number of benzene rings is 1. The minimum Gasteiger partial charge on any atom is -0.349 e. The normalized spacial score (nSPS) is 22.3. The topological polar surface area (TPSA) is 72.2 Å². The Hall–Kier alpha value is -1.91. The van der Waals surface area contributed by atoms with E-state index in [0.29, 0.717) is 17.0 Å². The lowest BCUT2D eigenvalue weighted by molar-refractivity contribution is -0.385. The van der Waals surface area contributed by atoms with Gasteiger partial charge in [-0.1, -0.05) is 25.8 Å². The largest absolute Gasteiger partial charge is 0.349 e. The van der Waals surface area contributed by atoms with Crippen LogP contribution < -0.4 is 5.32 Å². The van der Waals surface area contributed by atoms with Crippen molar-refractivity contribution in [1.29, 1.82) is 0 Å². The Kier molecular flexibility index (Phi) is 4.37. The molecule has 0 heterocycles. The van der Waals surface area contributed by atoms with E-state index < -0.39 is 4.92 Å². The molecule has 1 aliphatic rings. The summed E-state index contributed by atoms with van der Waals surface area (Å²) >= 11 is 0. The second kappa shape index (κ2) is 6.03. The molecule has 1 aromatic carbocycles. The molecule has 1 aliphatic carbocycles. The Morgan fingerprint density at radius 1 is 1.35 bits per heavy atom. The molecule has 1 amide bonds. The zero-order valence-corrected chi connectivity index (χ0v) is 11.9. The van der Waals surface area contributed by atoms with Gasteiger partial charge in [0.2, 0.25) is 0 Å². The number of carbonyl (C=O) groups is 1. The fraction of sp³-hybridized carbons (Fsp3) is 0.533. The van der Waals surface area contributed by atoms with Crippen LogP contribution in [0.15, 0.2) is 18.2 Å². The van der Waals surface area contributed by atoms with Gasteiger partial charge in [-0.3, -0.25) is 14.9 Å². The van der Waals surface area contributed by atoms with Gasteiger partial charge in [0, 0.05) is 23.2 Å². The van der Waals surface area contributed by atoms with Gasteiger partial charge in [0.1, 0.15) is 0 Å². The summed E-state index contributed by atoms with van der Waals surface area (Å²) in [4.78, 5) is 22.7. The molecule has 0 saturated heterocycles. The lowest BCUT2D eigenvalue weighted by atomic mass is 9.86. The maximum atomic E-state index is 12.2. The maximum Gasteiger partial charge on any atom is 0.273 e. The molecule has 2 rings (SSSR count). The summed E-state index contributed by atoms with van der Waals surface area (Å²) in [5.74, 6) is 0.250. The van der Waals surface area contributed by atoms with Gasteiger partial charge < -0.3 is 5.32 Å². The Morgan fingerprint density at radius 3 is 2.70 bits per heavy atom. The van der Waals surface area contributed by atoms with E-state index in [1.165, 1.54) is 12.5 Å². The fourth-order valence-electron chi connectivity index (χ4n) is 2.73. The summed E-state index contributed by atoms with van der Waals surface area (Å²) in [6.07, 6.45) is 4.45. The van der Waals surface area contributed by atoms with Crippen LogP contribution in [0.1, 0.15) is 48.5 Å². The average Bonchev–Trinajstić information content (AvgIpc) is 2.41. The Morgan fingerprint density at radius 2 is 2.05 bits per heavy atom. The highest BCUT2D eigenvalue weighted by molar-refractivity contribution is 5.95. The van der Waals surface area contributed by atoms with Gasteiger partial charge in [-0.2, -0.15) is 0 Å². The molecule has 1 N–H and O–H groups in total. The minimum atomic E-state index is -0.449. The summed E-state index contributed by atoms with van der Waals surface area (Å²) in [5, 5.41) is 13.9. The fourth-order valence-corrected chi connectivity index (χ4v) is 2.73. The van der Waals surface area contributed by atoms with Crippen LogP contribution in [0.2, 0.25) is 0 Å². The summed E-state index contributed by atoms with van der Waals surface area (Å²) in [5.41, 5.74) is 0.923. The molecule has 108 valence electrons. The molecule has 5 nitrogen and oxygen atoms in total. The van der Waals surface area contributed by atoms with Crippen molar-refractivity contribution >= 4 is 11.6 Å². The molecule has 1 fully saturated rings. The molecule has 0 aliphatic heterocycles. The van der Waals surface area contributed by atoms with E-state index in [9.17, 15) is 14.9 Å². The van der Waals surface area contributed by atoms with Gasteiger partial charge in [-0.25, -0.2) is 0 Å². The van der Waals surface area contributed by atoms with Crippen LogP contribution in [-0.4, -0.2) is 16.9 Å². The third kappa shape index (κ3) is 3.15. The van der Waals surface area contributed by atoms with Crippen LogP contribution in [-0.2, 0) is 0 Å². The summed E-state index contributed by atoms with van der Waals surface area (Å²) in [6, 6.07) is 4.80. The second-order valence-corrected chi connectivity index (χ2v) is 5.60. The van der Waals surface area contributed by atoms with E-state index in [1.54, 1.807) is 19.1 Å². The van der Waals surface area contributed by atoms with Gasteiger partial charge in [0.05, 0.1) is 4.92 Å². The summed E-state index contributed by atoms with van der Waals surface area (Å²) in [7, 11) is 0. The summed E-state index contributed by atoms with van der Waals surface area (Å²) in [6.45, 7) is 3.81. The van der Waals surface area contributed by atoms with Crippen LogP contribution in [0.4, 0.5) is 5.69 Å². The molecule has 1 aromatic rings. The van der Waals surface area contributed by atoms with Gasteiger partial charge in [-0.05, 0) is 31.7 Å². The molecule has 1 saturated carbocycles. The quantitative estimate of drug-likeness (QED) is 0.680. The molecule has 20 heavy (non-hydrogen) atoms. The SMILES string of the molecule is Cc1ccc(C(=O)N[C@H]2CCCC[C@@H]2C)cc1[N+](=O)[O-]. The number of carbonyl (C=O) groups excluding carboxylic acids is 1. The highest BCUT2D eigenvalue weighted by Crippen LogP contribution is 2.24. The Bertz CT molecular complexity index is 528. The van der Waals surface area contributed by atoms with E-state index in [4.69, 9.17) is 0 Å². The zero-order valence-electron chi connectivity index (χ0n) is 11.9. The van der Waals surface area contributed by atoms with E-state index in [-0.39, 0.29) is 17.6 Å². The molecule has 2 atom stereocenters. The van der Waals surface area contributed by atoms with Crippen molar-refractivity contribution in [2.45, 2.75) is 45.6 Å². The van der Waals surface area contributed by atoms with Crippen molar-refractivity contribution < 1.29 is 9.72 Å². The number of nitrogens with zero attached hydrogens (tertiary/aromatic N) is 1. The monoisotopic (exact) mass is 276 g/mol. The van der Waals surface area contributed by atoms with Crippen molar-refractivity contribution in [2.24, 2.45) is 5.92 Å². The van der Waals surface area contributed by atoms with Crippen LogP contribution in [0.25, 0.3) is 0 Å². The first-order chi connectivity index (χ1) is 9.49. The van der Waals surface area contributed by atoms with Gasteiger partial charge >= 0.3 is 0 Å². The Balaban J connectivity index is 2.13. The lowest BCUT2D eigenvalue weighted by Crippen LogP contribution is -2.41. The predicted molar refractivity (Wildman–Crippen MR) is 76.7 cm³/mol. The highest BCUT2D eigenvalue weighted by Gasteiger charge is 2.24. The number of nitro groups is 1. The highest BCUT2D eigenvalue weighted by atomic mass is 16.6. The maximum absolute atomic E-state index is 12.2. The van der Waals surface area contributed by atoms with Crippen molar-refractivity contribution in [1.82, 2.24) is 5.32 Å². The number of aryl methyl sites for hydroxylation is 1. The smallest absolute Gasteiger partial charge is 0.273 e. The first kappa shape index (κ1) is 14.5. The minimum absolute atomic E-state index is 0.00524. The van der Waals surface area contributed by atoms with Crippen molar-refractivity contribution in [3.05, 3.63) is 39.4 Å². The van der Waals surface area contributed by atoms with Crippen LogP contribution in [0.5, 0.6) is 0 Å². The van der Waals surface area contributed by atoms with Crippen LogP contribution in [0.3, 0.4) is 0 Å². The zero-order chi connectivity index (χ0) is 14.7. The first-order valence-corrected chi connectivity index (χ1v) is 7.05. The average molecular weight is 276 g/mol. The lowest BCUT2D eigenvalue weighted by Gasteiger charge is -2.29. The number of nitro benzene ring substituents is 1. The Labute approximate surface area is 118 Å². The third-order valence-corrected chi connectivity index (χ3v) is 4.10. The predicted octanol–water partition coefficient (Wildman–Crippen LogP) is 3.21. The number of hydrogen-bond donors (Lipinski definition) is 1. The molecule has 0 radical (unpaired) electrons. The molecular formula is C15H20N2O3. The van der Waals surface area contributed by atoms with Gasteiger partial charge in [-0.15, -0.1) is 0 Å². The first-order valence-electron chi connectivity index (χ1n) is 7.05. The number of rotatable bonds is 3. The molecule has 0 spiro atoms. The molecule has 0 aromatic heterocycles. The third-order valence-electron chi connectivity index (χ3n) is 4.10. The van der Waals surface area contributed by atoms with Gasteiger partial charge in [0.25, 0.3) is 11.6 Å². The van der Waals surface area contributed by atoms with E-state index in [2.05, 4.69) is 12.2 Å². The number of nitrogens with one attached hydrogen (secondary N) is 1. The standard InChI is InChI=1S/C15H20N2O3/c1-10-5-3-4-6-13(10)16-15(18)12-8-7-11(2)14(9-12)17(19)20/h7-10,13H,3-6H2,1-2H3,(H,16,18)/t10-,13-/m0/s1. The summed E-state index contributed by atoms with van der Waals surface area (Å²) < 4.78 is 0. The molecule has 5 heteroatoms. The molecule has 0 bridgehead atoms. The van der Waals surface area contributed by atoms with Crippen molar-refractivity contribution in [2.75, 3.05) is 0 Å². The molecular weight excluding hydrogens is 256 g/mol. The van der Waals surface area contributed by atoms with E-state index >= 15 is 0 Å². The van der Waals surface area contributed by atoms with Crippen LogP contribution >= 0.6 is 0 Å². The van der Waals surface area contributed by atoms with Crippen LogP contribution in [0, 0.1) is 23.0 Å². The van der Waals surface area contributed by atoms with Crippen molar-refractivity contribution in [3.8, 4) is 0 Å². The van der Waals surface area contributed by atoms with Gasteiger partial charge in [0.15, 0.2) is 0 Å².